The van der Waals surface area contributed by atoms with Crippen LogP contribution in [0.15, 0.2) is 36.4 Å². The zero-order valence-corrected chi connectivity index (χ0v) is 12.2. The molecule has 0 saturated carbocycles. The van der Waals surface area contributed by atoms with Crippen LogP contribution < -0.4 is 5.32 Å². The molecule has 0 spiro atoms. The van der Waals surface area contributed by atoms with Crippen LogP contribution in [0, 0.1) is 17.5 Å². The van der Waals surface area contributed by atoms with Gasteiger partial charge in [0.2, 0.25) is 0 Å². The number of hydrogen-bond acceptors (Lipinski definition) is 1. The third kappa shape index (κ3) is 3.99. The lowest BCUT2D eigenvalue weighted by Gasteiger charge is -2.17. The minimum absolute atomic E-state index is 0.228. The maximum atomic E-state index is 13.7. The monoisotopic (exact) mass is 313 g/mol. The summed E-state index contributed by atoms with van der Waals surface area (Å²) in [5.74, 6) is -2.10. The Hall–Kier alpha value is -1.52. The highest BCUT2D eigenvalue weighted by Crippen LogP contribution is 2.19. The number of nitrogens with one attached hydrogen (secondary N) is 1. The van der Waals surface area contributed by atoms with Crippen molar-refractivity contribution in [3.05, 3.63) is 70.0 Å². The van der Waals surface area contributed by atoms with Crippen LogP contribution in [0.3, 0.4) is 0 Å². The molecular formula is C16H15ClF3N. The smallest absolute Gasteiger partial charge is 0.162 e. The maximum absolute atomic E-state index is 13.7. The third-order valence-corrected chi connectivity index (χ3v) is 3.62. The summed E-state index contributed by atoms with van der Waals surface area (Å²) in [6.45, 7) is 0. The molecule has 1 atom stereocenters. The lowest BCUT2D eigenvalue weighted by Crippen LogP contribution is -2.30. The lowest BCUT2D eigenvalue weighted by atomic mass is 9.98. The molecule has 0 saturated heterocycles. The van der Waals surface area contributed by atoms with E-state index in [1.54, 1.807) is 13.1 Å². The van der Waals surface area contributed by atoms with E-state index < -0.39 is 11.6 Å². The van der Waals surface area contributed by atoms with Gasteiger partial charge in [-0.1, -0.05) is 23.7 Å². The van der Waals surface area contributed by atoms with E-state index in [9.17, 15) is 13.2 Å². The molecule has 0 aliphatic heterocycles. The summed E-state index contributed by atoms with van der Waals surface area (Å²) in [6.07, 6.45) is 0.588. The quantitative estimate of drug-likeness (QED) is 0.875. The third-order valence-electron chi connectivity index (χ3n) is 3.38. The van der Waals surface area contributed by atoms with Gasteiger partial charge in [-0.2, -0.15) is 0 Å². The number of benzene rings is 2. The van der Waals surface area contributed by atoms with Gasteiger partial charge in [0.05, 0.1) is 0 Å². The molecule has 21 heavy (non-hydrogen) atoms. The van der Waals surface area contributed by atoms with Gasteiger partial charge in [0, 0.05) is 11.1 Å². The Morgan fingerprint density at radius 2 is 1.71 bits per heavy atom. The second-order valence-electron chi connectivity index (χ2n) is 4.84. The molecule has 2 aromatic carbocycles. The first-order valence-electron chi connectivity index (χ1n) is 6.55. The van der Waals surface area contributed by atoms with Crippen LogP contribution >= 0.6 is 11.6 Å². The second kappa shape index (κ2) is 6.96. The Balaban J connectivity index is 2.17. The zero-order valence-electron chi connectivity index (χ0n) is 11.5. The first-order valence-corrected chi connectivity index (χ1v) is 6.93. The first-order chi connectivity index (χ1) is 10.0. The number of rotatable bonds is 5. The second-order valence-corrected chi connectivity index (χ2v) is 5.28. The van der Waals surface area contributed by atoms with Crippen molar-refractivity contribution in [2.45, 2.75) is 18.9 Å². The normalized spacial score (nSPS) is 12.4. The molecule has 0 aliphatic carbocycles. The fourth-order valence-electron chi connectivity index (χ4n) is 2.21. The molecule has 0 aromatic heterocycles. The maximum Gasteiger partial charge on any atom is 0.162 e. The first kappa shape index (κ1) is 15.9. The van der Waals surface area contributed by atoms with Gasteiger partial charge < -0.3 is 5.32 Å². The van der Waals surface area contributed by atoms with Crippen LogP contribution in [-0.2, 0) is 12.8 Å². The molecule has 2 aromatic rings. The Kier molecular flexibility index (Phi) is 5.26. The molecule has 1 N–H and O–H groups in total. The van der Waals surface area contributed by atoms with Gasteiger partial charge in [0.25, 0.3) is 0 Å². The number of hydrogen-bond donors (Lipinski definition) is 1. The molecular weight excluding hydrogens is 299 g/mol. The van der Waals surface area contributed by atoms with Crippen molar-refractivity contribution in [1.29, 1.82) is 0 Å². The summed E-state index contributed by atoms with van der Waals surface area (Å²) in [7, 11) is 1.70. The summed E-state index contributed by atoms with van der Waals surface area (Å²) in [5, 5.41) is 3.44. The minimum Gasteiger partial charge on any atom is -0.316 e. The predicted molar refractivity (Wildman–Crippen MR) is 78.0 cm³/mol. The Bertz CT molecular complexity index is 627. The van der Waals surface area contributed by atoms with Crippen molar-refractivity contribution in [1.82, 2.24) is 5.32 Å². The van der Waals surface area contributed by atoms with Gasteiger partial charge in [0.15, 0.2) is 11.6 Å². The minimum atomic E-state index is -0.878. The van der Waals surface area contributed by atoms with Crippen molar-refractivity contribution >= 4 is 11.6 Å². The average Bonchev–Trinajstić information content (AvgIpc) is 2.46. The van der Waals surface area contributed by atoms with E-state index in [4.69, 9.17) is 11.6 Å². The Morgan fingerprint density at radius 3 is 2.43 bits per heavy atom. The van der Waals surface area contributed by atoms with E-state index in [-0.39, 0.29) is 23.8 Å². The van der Waals surface area contributed by atoms with Crippen molar-refractivity contribution in [3.63, 3.8) is 0 Å². The predicted octanol–water partition coefficient (Wildman–Crippen LogP) is 4.13. The van der Waals surface area contributed by atoms with Crippen LogP contribution in [0.25, 0.3) is 0 Å². The van der Waals surface area contributed by atoms with E-state index in [2.05, 4.69) is 5.32 Å². The van der Waals surface area contributed by atoms with Gasteiger partial charge in [-0.3, -0.25) is 0 Å². The molecule has 0 heterocycles. The summed E-state index contributed by atoms with van der Waals surface area (Å²) >= 11 is 5.85. The lowest BCUT2D eigenvalue weighted by molar-refractivity contribution is 0.479. The summed E-state index contributed by atoms with van der Waals surface area (Å²) in [6, 6.07) is 8.15. The van der Waals surface area contributed by atoms with Crippen LogP contribution in [0.2, 0.25) is 5.02 Å². The van der Waals surface area contributed by atoms with Gasteiger partial charge in [0.1, 0.15) is 5.82 Å². The Labute approximate surface area is 126 Å². The molecule has 0 aliphatic rings. The topological polar surface area (TPSA) is 12.0 Å². The average molecular weight is 314 g/mol. The van der Waals surface area contributed by atoms with Gasteiger partial charge >= 0.3 is 0 Å². The van der Waals surface area contributed by atoms with E-state index in [1.165, 1.54) is 24.3 Å². The van der Waals surface area contributed by atoms with E-state index >= 15 is 0 Å². The summed E-state index contributed by atoms with van der Waals surface area (Å²) in [4.78, 5) is 0. The highest BCUT2D eigenvalue weighted by Gasteiger charge is 2.15. The zero-order chi connectivity index (χ0) is 15.4. The van der Waals surface area contributed by atoms with Gasteiger partial charge in [-0.25, -0.2) is 13.2 Å². The summed E-state index contributed by atoms with van der Waals surface area (Å²) in [5.41, 5.74) is 0.704. The van der Waals surface area contributed by atoms with E-state index in [0.29, 0.717) is 17.0 Å². The van der Waals surface area contributed by atoms with Crippen molar-refractivity contribution in [3.8, 4) is 0 Å². The molecule has 0 amide bonds. The van der Waals surface area contributed by atoms with E-state index in [0.717, 1.165) is 6.07 Å². The number of halogens is 4. The van der Waals surface area contributed by atoms with E-state index in [1.807, 2.05) is 0 Å². The van der Waals surface area contributed by atoms with Gasteiger partial charge in [-0.05, 0) is 55.3 Å². The van der Waals surface area contributed by atoms with Crippen LogP contribution in [0.5, 0.6) is 0 Å². The molecule has 2 rings (SSSR count). The largest absolute Gasteiger partial charge is 0.316 e. The van der Waals surface area contributed by atoms with Crippen LogP contribution in [0.1, 0.15) is 11.1 Å². The Morgan fingerprint density at radius 1 is 1.00 bits per heavy atom. The highest BCUT2D eigenvalue weighted by molar-refractivity contribution is 6.30. The molecule has 1 unspecified atom stereocenters. The standard InChI is InChI=1S/C16H15ClF3N/c1-21-13(8-10-3-2-4-15(19)16(10)20)9-11-7-12(17)5-6-14(11)18/h2-7,13,21H,8-9H2,1H3. The molecule has 1 nitrogen and oxygen atoms in total. The van der Waals surface area contributed by atoms with Crippen molar-refractivity contribution in [2.24, 2.45) is 0 Å². The summed E-state index contributed by atoms with van der Waals surface area (Å²) < 4.78 is 40.6. The highest BCUT2D eigenvalue weighted by atomic mass is 35.5. The van der Waals surface area contributed by atoms with Crippen LogP contribution in [-0.4, -0.2) is 13.1 Å². The fraction of sp³-hybridized carbons (Fsp3) is 0.250. The molecule has 5 heteroatoms. The van der Waals surface area contributed by atoms with Gasteiger partial charge in [-0.15, -0.1) is 0 Å². The molecule has 0 fully saturated rings. The number of likely N-dealkylation sites (N-methyl/N-ethyl adjacent to an activating group) is 1. The van der Waals surface area contributed by atoms with Crippen LogP contribution in [0.4, 0.5) is 13.2 Å². The molecule has 0 radical (unpaired) electrons. The SMILES string of the molecule is CNC(Cc1cc(Cl)ccc1F)Cc1cccc(F)c1F. The molecule has 112 valence electrons. The van der Waals surface area contributed by atoms with Crippen molar-refractivity contribution < 1.29 is 13.2 Å². The molecule has 0 bridgehead atoms. The fourth-order valence-corrected chi connectivity index (χ4v) is 2.41. The van der Waals surface area contributed by atoms with Crippen molar-refractivity contribution in [2.75, 3.05) is 7.05 Å².